The molecule has 28 heavy (non-hydrogen) atoms. The van der Waals surface area contributed by atoms with Crippen LogP contribution in [0, 0.1) is 13.8 Å². The molecule has 5 rings (SSSR count). The smallest absolute Gasteiger partial charge is 0.160 e. The Morgan fingerprint density at radius 3 is 2.57 bits per heavy atom. The highest BCUT2D eigenvalue weighted by molar-refractivity contribution is 8.14. The van der Waals surface area contributed by atoms with Gasteiger partial charge in [-0.2, -0.15) is 0 Å². The number of pyridine rings is 1. The first-order valence-electron chi connectivity index (χ1n) is 9.80. The van der Waals surface area contributed by atoms with Crippen LogP contribution in [0.25, 0.3) is 5.69 Å². The number of amidine groups is 1. The highest BCUT2D eigenvalue weighted by Crippen LogP contribution is 2.48. The number of nitrogens with zero attached hydrogens (tertiary/aromatic N) is 4. The van der Waals surface area contributed by atoms with Crippen LogP contribution in [0.3, 0.4) is 0 Å². The summed E-state index contributed by atoms with van der Waals surface area (Å²) in [7, 11) is 0. The number of thioether (sulfide) groups is 1. The Hall–Kier alpha value is -2.53. The summed E-state index contributed by atoms with van der Waals surface area (Å²) in [6.07, 6.45) is 1.87. The van der Waals surface area contributed by atoms with E-state index in [1.807, 2.05) is 24.0 Å². The van der Waals surface area contributed by atoms with E-state index in [9.17, 15) is 0 Å². The highest BCUT2D eigenvalue weighted by atomic mass is 32.2. The van der Waals surface area contributed by atoms with Gasteiger partial charge in [-0.05, 0) is 49.7 Å². The van der Waals surface area contributed by atoms with Gasteiger partial charge >= 0.3 is 0 Å². The number of aryl methyl sites for hydroxylation is 1. The van der Waals surface area contributed by atoms with Gasteiger partial charge in [0.15, 0.2) is 5.17 Å². The number of hydrogen-bond donors (Lipinski definition) is 0. The molecule has 3 atom stereocenters. The Balaban J connectivity index is 1.63. The van der Waals surface area contributed by atoms with E-state index in [1.54, 1.807) is 0 Å². The van der Waals surface area contributed by atoms with Crippen LogP contribution in [0.2, 0.25) is 0 Å². The summed E-state index contributed by atoms with van der Waals surface area (Å²) in [5.74, 6) is 0. The third-order valence-electron chi connectivity index (χ3n) is 5.68. The van der Waals surface area contributed by atoms with Gasteiger partial charge in [-0.1, -0.05) is 43.0 Å². The van der Waals surface area contributed by atoms with Gasteiger partial charge in [0, 0.05) is 35.1 Å². The van der Waals surface area contributed by atoms with Gasteiger partial charge in [-0.25, -0.2) is 0 Å². The standard InChI is InChI=1S/C23H24N4S/c1-15-13-19(17(3)27(15)18-9-5-4-6-10-18)22-21(20-11-7-8-12-24-20)25-23-26(22)14-16(2)28-23/h4-13,16,21-22H,14H2,1-3H3/t16-,21+,22-/m0/s1. The molecule has 2 aliphatic heterocycles. The third kappa shape index (κ3) is 2.76. The average molecular weight is 389 g/mol. The second-order valence-electron chi connectivity index (χ2n) is 7.63. The normalized spacial score (nSPS) is 23.8. The Labute approximate surface area is 170 Å². The number of aliphatic imine (C=N–C) groups is 1. The molecule has 4 heterocycles. The number of fused-ring (bicyclic) bond motifs is 1. The molecule has 0 radical (unpaired) electrons. The van der Waals surface area contributed by atoms with Crippen molar-refractivity contribution >= 4 is 16.9 Å². The fourth-order valence-electron chi connectivity index (χ4n) is 4.52. The predicted molar refractivity (Wildman–Crippen MR) is 116 cm³/mol. The summed E-state index contributed by atoms with van der Waals surface area (Å²) >= 11 is 1.89. The molecule has 0 amide bonds. The first-order valence-corrected chi connectivity index (χ1v) is 10.7. The molecule has 2 aliphatic rings. The summed E-state index contributed by atoms with van der Waals surface area (Å²) in [5, 5.41) is 1.74. The minimum atomic E-state index is 0.0425. The quantitative estimate of drug-likeness (QED) is 0.627. The minimum Gasteiger partial charge on any atom is -0.341 e. The van der Waals surface area contributed by atoms with Gasteiger partial charge in [-0.3, -0.25) is 9.98 Å². The number of aromatic nitrogens is 2. The Bertz CT molecular complexity index is 1030. The van der Waals surface area contributed by atoms with Gasteiger partial charge in [0.25, 0.3) is 0 Å². The zero-order chi connectivity index (χ0) is 19.3. The maximum atomic E-state index is 5.12. The van der Waals surface area contributed by atoms with Crippen molar-refractivity contribution in [3.8, 4) is 5.69 Å². The molecule has 0 saturated carbocycles. The van der Waals surface area contributed by atoms with Crippen molar-refractivity contribution in [2.75, 3.05) is 6.54 Å². The zero-order valence-electron chi connectivity index (χ0n) is 16.4. The van der Waals surface area contributed by atoms with Crippen LogP contribution >= 0.6 is 11.8 Å². The third-order valence-corrected chi connectivity index (χ3v) is 6.79. The lowest BCUT2D eigenvalue weighted by Crippen LogP contribution is -2.28. The summed E-state index contributed by atoms with van der Waals surface area (Å²) in [6.45, 7) is 7.74. The van der Waals surface area contributed by atoms with Crippen molar-refractivity contribution < 1.29 is 0 Å². The van der Waals surface area contributed by atoms with E-state index >= 15 is 0 Å². The van der Waals surface area contributed by atoms with Crippen LogP contribution in [0.1, 0.15) is 41.7 Å². The highest BCUT2D eigenvalue weighted by Gasteiger charge is 2.44. The first-order chi connectivity index (χ1) is 13.6. The molecule has 0 unspecified atom stereocenters. The van der Waals surface area contributed by atoms with Crippen molar-refractivity contribution in [1.82, 2.24) is 14.5 Å². The molecule has 0 bridgehead atoms. The second-order valence-corrected chi connectivity index (χ2v) is 9.04. The van der Waals surface area contributed by atoms with Crippen LogP contribution in [0.15, 0.2) is 65.8 Å². The minimum absolute atomic E-state index is 0.0425. The van der Waals surface area contributed by atoms with Crippen LogP contribution in [-0.4, -0.2) is 31.4 Å². The first kappa shape index (κ1) is 17.6. The fraction of sp³-hybridized carbons (Fsp3) is 0.304. The molecular weight excluding hydrogens is 364 g/mol. The zero-order valence-corrected chi connectivity index (χ0v) is 17.2. The van der Waals surface area contributed by atoms with Gasteiger partial charge in [-0.15, -0.1) is 0 Å². The lowest BCUT2D eigenvalue weighted by molar-refractivity contribution is 0.320. The van der Waals surface area contributed by atoms with Gasteiger partial charge in [0.2, 0.25) is 0 Å². The molecule has 5 heteroatoms. The van der Waals surface area contributed by atoms with Crippen molar-refractivity contribution in [3.63, 3.8) is 0 Å². The Morgan fingerprint density at radius 2 is 1.82 bits per heavy atom. The lowest BCUT2D eigenvalue weighted by atomic mass is 9.96. The predicted octanol–water partition coefficient (Wildman–Crippen LogP) is 5.08. The van der Waals surface area contributed by atoms with Crippen LogP contribution in [-0.2, 0) is 0 Å². The molecule has 0 spiro atoms. The molecular formula is C23H24N4S. The molecule has 3 aromatic rings. The number of benzene rings is 1. The molecule has 1 fully saturated rings. The van der Waals surface area contributed by atoms with Crippen LogP contribution < -0.4 is 0 Å². The van der Waals surface area contributed by atoms with E-state index in [-0.39, 0.29) is 12.1 Å². The molecule has 0 aliphatic carbocycles. The molecule has 142 valence electrons. The number of para-hydroxylation sites is 1. The van der Waals surface area contributed by atoms with E-state index in [2.05, 4.69) is 83.8 Å². The van der Waals surface area contributed by atoms with Crippen molar-refractivity contribution in [3.05, 3.63) is 83.4 Å². The van der Waals surface area contributed by atoms with Crippen molar-refractivity contribution in [2.24, 2.45) is 4.99 Å². The van der Waals surface area contributed by atoms with Gasteiger partial charge in [0.1, 0.15) is 6.04 Å². The fourth-order valence-corrected chi connectivity index (χ4v) is 5.61. The summed E-state index contributed by atoms with van der Waals surface area (Å²) in [4.78, 5) is 12.3. The van der Waals surface area contributed by atoms with Crippen LogP contribution in [0.4, 0.5) is 0 Å². The number of rotatable bonds is 3. The van der Waals surface area contributed by atoms with Gasteiger partial charge < -0.3 is 9.47 Å². The Morgan fingerprint density at radius 1 is 1.04 bits per heavy atom. The largest absolute Gasteiger partial charge is 0.341 e. The topological polar surface area (TPSA) is 33.4 Å². The van der Waals surface area contributed by atoms with Gasteiger partial charge in [0.05, 0.1) is 11.7 Å². The lowest BCUT2D eigenvalue weighted by Gasteiger charge is -2.27. The molecule has 2 aromatic heterocycles. The van der Waals surface area contributed by atoms with E-state index < -0.39 is 0 Å². The summed E-state index contributed by atoms with van der Waals surface area (Å²) < 4.78 is 2.36. The van der Waals surface area contributed by atoms with E-state index in [1.165, 1.54) is 22.6 Å². The molecule has 1 aromatic carbocycles. The van der Waals surface area contributed by atoms with Crippen molar-refractivity contribution in [2.45, 2.75) is 38.1 Å². The number of hydrogen-bond acceptors (Lipinski definition) is 4. The SMILES string of the molecule is Cc1cc([C@H]2[C@@H](c3ccccn3)N=C3S[C@@H](C)CN32)c(C)n1-c1ccccc1. The second kappa shape index (κ2) is 6.82. The van der Waals surface area contributed by atoms with E-state index in [0.29, 0.717) is 5.25 Å². The molecule has 1 saturated heterocycles. The maximum absolute atomic E-state index is 5.12. The van der Waals surface area contributed by atoms with Crippen LogP contribution in [0.5, 0.6) is 0 Å². The maximum Gasteiger partial charge on any atom is 0.160 e. The van der Waals surface area contributed by atoms with E-state index in [0.717, 1.165) is 17.4 Å². The molecule has 4 nitrogen and oxygen atoms in total. The van der Waals surface area contributed by atoms with Crippen molar-refractivity contribution in [1.29, 1.82) is 0 Å². The van der Waals surface area contributed by atoms with E-state index in [4.69, 9.17) is 4.99 Å². The Kier molecular flexibility index (Phi) is 4.27. The summed E-state index contributed by atoms with van der Waals surface area (Å²) in [6, 6.07) is 19.3. The molecule has 0 N–H and O–H groups in total. The average Bonchev–Trinajstić information content (AvgIpc) is 3.33. The summed E-state index contributed by atoms with van der Waals surface area (Å²) in [5.41, 5.74) is 6.15. The monoisotopic (exact) mass is 388 g/mol.